The highest BCUT2D eigenvalue weighted by Gasteiger charge is 2.28. The molecule has 3 aromatic rings. The summed E-state index contributed by atoms with van der Waals surface area (Å²) < 4.78 is 23.6. The molecule has 0 N–H and O–H groups in total. The minimum Gasteiger partial charge on any atom is -0.497 e. The molecule has 0 bridgehead atoms. The van der Waals surface area contributed by atoms with Crippen LogP contribution in [0.1, 0.15) is 24.8 Å². The van der Waals surface area contributed by atoms with Gasteiger partial charge in [-0.05, 0) is 32.0 Å². The van der Waals surface area contributed by atoms with Gasteiger partial charge in [0.05, 0.1) is 35.0 Å². The van der Waals surface area contributed by atoms with Gasteiger partial charge in [0.15, 0.2) is 11.5 Å². The molecule has 0 saturated carbocycles. The van der Waals surface area contributed by atoms with Gasteiger partial charge in [0, 0.05) is 44.4 Å². The molecule has 1 saturated heterocycles. The van der Waals surface area contributed by atoms with Crippen LogP contribution in [-0.4, -0.2) is 56.6 Å². The number of fused-ring (bicyclic) bond motifs is 2. The number of ether oxygens (including phenoxy) is 4. The molecule has 36 heavy (non-hydrogen) atoms. The summed E-state index contributed by atoms with van der Waals surface area (Å²) in [6.45, 7) is 2.52. The quantitative estimate of drug-likeness (QED) is 0.454. The van der Waals surface area contributed by atoms with Crippen molar-refractivity contribution in [3.8, 4) is 41.4 Å². The molecule has 1 fully saturated rings. The van der Waals surface area contributed by atoms with Gasteiger partial charge in [-0.25, -0.2) is 0 Å². The van der Waals surface area contributed by atoms with Gasteiger partial charge in [0.25, 0.3) is 0 Å². The maximum atomic E-state index is 10.2. The number of aromatic nitrogens is 1. The molecule has 0 spiro atoms. The van der Waals surface area contributed by atoms with Gasteiger partial charge in [-0.3, -0.25) is 4.98 Å². The van der Waals surface area contributed by atoms with Crippen molar-refractivity contribution >= 4 is 22.3 Å². The molecule has 0 aliphatic carbocycles. The predicted molar refractivity (Wildman–Crippen MR) is 137 cm³/mol. The second-order valence-corrected chi connectivity index (χ2v) is 8.89. The molecule has 2 aromatic carbocycles. The summed E-state index contributed by atoms with van der Waals surface area (Å²) in [5, 5.41) is 10.9. The van der Waals surface area contributed by atoms with Crippen LogP contribution >= 0.6 is 0 Å². The summed E-state index contributed by atoms with van der Waals surface area (Å²) in [7, 11) is 3.74. The van der Waals surface area contributed by atoms with Crippen LogP contribution in [-0.2, 0) is 0 Å². The van der Waals surface area contributed by atoms with Crippen LogP contribution in [0.25, 0.3) is 10.9 Å². The van der Waals surface area contributed by atoms with Gasteiger partial charge < -0.3 is 28.7 Å². The Bertz CT molecular complexity index is 1350. The van der Waals surface area contributed by atoms with E-state index in [0.717, 1.165) is 37.0 Å². The molecule has 184 valence electrons. The highest BCUT2D eigenvalue weighted by Crippen LogP contribution is 2.47. The zero-order valence-corrected chi connectivity index (χ0v) is 20.5. The minimum atomic E-state index is 0.0481. The first-order valence-corrected chi connectivity index (χ1v) is 12.0. The van der Waals surface area contributed by atoms with Gasteiger partial charge in [-0.1, -0.05) is 6.07 Å². The summed E-state index contributed by atoms with van der Waals surface area (Å²) in [5.74, 6) is 5.27. The van der Waals surface area contributed by atoms with Gasteiger partial charge >= 0.3 is 0 Å². The number of likely N-dealkylation sites (tertiary alicyclic amines) is 1. The Kier molecular flexibility index (Phi) is 6.71. The van der Waals surface area contributed by atoms with E-state index in [-0.39, 0.29) is 12.9 Å². The first-order chi connectivity index (χ1) is 17.6. The van der Waals surface area contributed by atoms with Crippen LogP contribution in [0, 0.1) is 23.7 Å². The zero-order chi connectivity index (χ0) is 25.1. The number of pyridine rings is 1. The monoisotopic (exact) mass is 484 g/mol. The van der Waals surface area contributed by atoms with E-state index in [1.54, 1.807) is 13.3 Å². The Labute approximate surface area is 210 Å². The highest BCUT2D eigenvalue weighted by molar-refractivity contribution is 6.02. The molecule has 2 aliphatic rings. The summed E-state index contributed by atoms with van der Waals surface area (Å²) in [6, 6.07) is 11.8. The summed E-state index contributed by atoms with van der Waals surface area (Å²) >= 11 is 0. The number of para-hydroxylation sites is 1. The number of rotatable bonds is 7. The van der Waals surface area contributed by atoms with E-state index in [1.807, 2.05) is 35.2 Å². The number of methoxy groups -OCH3 is 1. The molecule has 2 aliphatic heterocycles. The summed E-state index contributed by atoms with van der Waals surface area (Å²) in [4.78, 5) is 8.92. The molecular weight excluding hydrogens is 456 g/mol. The Balaban J connectivity index is 1.72. The number of piperidine rings is 1. The number of benzene rings is 2. The zero-order valence-electron chi connectivity index (χ0n) is 20.5. The Hall–Kier alpha value is -4.14. The number of nitriles is 1. The van der Waals surface area contributed by atoms with Crippen LogP contribution in [0.15, 0.2) is 36.5 Å². The number of anilines is 2. The third-order valence-corrected chi connectivity index (χ3v) is 6.61. The number of hydrogen-bond acceptors (Lipinski definition) is 8. The molecule has 0 amide bonds. The third-order valence-electron chi connectivity index (χ3n) is 6.61. The van der Waals surface area contributed by atoms with E-state index in [0.29, 0.717) is 52.7 Å². The summed E-state index contributed by atoms with van der Waals surface area (Å²) in [6.07, 6.45) is 9.59. The average molecular weight is 485 g/mol. The lowest BCUT2D eigenvalue weighted by Gasteiger charge is -2.31. The van der Waals surface area contributed by atoms with Gasteiger partial charge in [0.2, 0.25) is 6.79 Å². The van der Waals surface area contributed by atoms with E-state index >= 15 is 0 Å². The fraction of sp³-hybridized carbons (Fsp3) is 0.357. The van der Waals surface area contributed by atoms with Crippen molar-refractivity contribution in [2.45, 2.75) is 25.4 Å². The van der Waals surface area contributed by atoms with Crippen molar-refractivity contribution < 1.29 is 18.9 Å². The molecule has 1 aromatic heterocycles. The molecule has 0 atom stereocenters. The molecule has 8 nitrogen and oxygen atoms in total. The van der Waals surface area contributed by atoms with Gasteiger partial charge in [0.1, 0.15) is 23.7 Å². The SMILES string of the molecule is C#CCCN(c1cccc2c1OCO2)c1c(C#N)cnc2cc(OC)cc(OC3CCN(C)CC3)c12. The maximum absolute atomic E-state index is 10.2. The Morgan fingerprint density at radius 2 is 2.08 bits per heavy atom. The maximum Gasteiger partial charge on any atom is 0.231 e. The van der Waals surface area contributed by atoms with Crippen molar-refractivity contribution in [3.05, 3.63) is 42.1 Å². The molecule has 5 rings (SSSR count). The first kappa shape index (κ1) is 23.6. The Morgan fingerprint density at radius 3 is 2.83 bits per heavy atom. The lowest BCUT2D eigenvalue weighted by molar-refractivity contribution is 0.115. The molecule has 0 radical (unpaired) electrons. The molecule has 8 heteroatoms. The normalized spacial score (nSPS) is 15.3. The van der Waals surface area contributed by atoms with E-state index in [4.69, 9.17) is 25.4 Å². The van der Waals surface area contributed by atoms with Crippen molar-refractivity contribution in [2.24, 2.45) is 0 Å². The number of terminal acetylenes is 1. The Morgan fingerprint density at radius 1 is 1.25 bits per heavy atom. The van der Waals surface area contributed by atoms with Crippen molar-refractivity contribution in [3.63, 3.8) is 0 Å². The van der Waals surface area contributed by atoms with E-state index in [2.05, 4.69) is 28.9 Å². The van der Waals surface area contributed by atoms with E-state index < -0.39 is 0 Å². The standard InChI is InChI=1S/C28H28N4O4/c1-4-5-11-32(23-7-6-8-24-28(23)35-18-34-24)27-19(16-29)17-30-22-14-21(33-3)15-25(26(22)27)36-20-9-12-31(2)13-10-20/h1,6-8,14-15,17,20H,5,9-13,18H2,2-3H3. The van der Waals surface area contributed by atoms with Crippen molar-refractivity contribution in [1.82, 2.24) is 9.88 Å². The topological polar surface area (TPSA) is 80.1 Å². The molecule has 3 heterocycles. The van der Waals surface area contributed by atoms with Gasteiger partial charge in [-0.15, -0.1) is 12.3 Å². The minimum absolute atomic E-state index is 0.0481. The number of nitrogens with zero attached hydrogens (tertiary/aromatic N) is 4. The van der Waals surface area contributed by atoms with Crippen LogP contribution in [0.2, 0.25) is 0 Å². The van der Waals surface area contributed by atoms with Crippen LogP contribution in [0.5, 0.6) is 23.0 Å². The highest BCUT2D eigenvalue weighted by atomic mass is 16.7. The van der Waals surface area contributed by atoms with Crippen molar-refractivity contribution in [2.75, 3.05) is 45.5 Å². The first-order valence-electron chi connectivity index (χ1n) is 12.0. The van der Waals surface area contributed by atoms with E-state index in [1.165, 1.54) is 0 Å². The smallest absolute Gasteiger partial charge is 0.231 e. The van der Waals surface area contributed by atoms with Crippen molar-refractivity contribution in [1.29, 1.82) is 5.26 Å². The van der Waals surface area contributed by atoms with Gasteiger partial charge in [-0.2, -0.15) is 5.26 Å². The number of hydrogen-bond donors (Lipinski definition) is 0. The lowest BCUT2D eigenvalue weighted by Crippen LogP contribution is -2.35. The lowest BCUT2D eigenvalue weighted by atomic mass is 10.0. The van der Waals surface area contributed by atoms with Crippen LogP contribution in [0.4, 0.5) is 11.4 Å². The van der Waals surface area contributed by atoms with E-state index in [9.17, 15) is 5.26 Å². The fourth-order valence-electron chi connectivity index (χ4n) is 4.76. The second kappa shape index (κ2) is 10.2. The fourth-order valence-corrected chi connectivity index (χ4v) is 4.76. The van der Waals surface area contributed by atoms with Crippen LogP contribution in [0.3, 0.4) is 0 Å². The average Bonchev–Trinajstić information content (AvgIpc) is 3.39. The molecular formula is C28H28N4O4. The summed E-state index contributed by atoms with van der Waals surface area (Å²) in [5.41, 5.74) is 2.52. The molecule has 0 unspecified atom stereocenters. The predicted octanol–water partition coefficient (Wildman–Crippen LogP) is 4.48. The third kappa shape index (κ3) is 4.44. The largest absolute Gasteiger partial charge is 0.497 e. The van der Waals surface area contributed by atoms with Crippen LogP contribution < -0.4 is 23.8 Å². The second-order valence-electron chi connectivity index (χ2n) is 8.89.